The molecule has 0 aliphatic heterocycles. The Kier molecular flexibility index (Phi) is 2.72. The molecule has 0 unspecified atom stereocenters. The molecule has 4 aliphatic rings. The van der Waals surface area contributed by atoms with E-state index in [2.05, 4.69) is 0 Å². The van der Waals surface area contributed by atoms with Crippen molar-refractivity contribution in [2.24, 2.45) is 23.2 Å². The first-order chi connectivity index (χ1) is 11.1. The second-order valence-corrected chi connectivity index (χ2v) is 8.20. The minimum absolute atomic E-state index is 0.117. The van der Waals surface area contributed by atoms with Gasteiger partial charge in [0.25, 0.3) is 0 Å². The zero-order valence-corrected chi connectivity index (χ0v) is 13.3. The zero-order chi connectivity index (χ0) is 15.6. The fourth-order valence-electron chi connectivity index (χ4n) is 6.16. The average Bonchev–Trinajstić information content (AvgIpc) is 2.54. The Balaban J connectivity index is 1.63. The Morgan fingerprint density at radius 2 is 1.43 bits per heavy atom. The number of carbonyl (C=O) groups excluding carboxylic acids is 1. The quantitative estimate of drug-likeness (QED) is 0.798. The Hall–Kier alpha value is -1.83. The van der Waals surface area contributed by atoms with E-state index in [4.69, 9.17) is 0 Å². The summed E-state index contributed by atoms with van der Waals surface area (Å²) in [6, 6.07) is 11.3. The number of phenols is 1. The molecule has 0 amide bonds. The van der Waals surface area contributed by atoms with Gasteiger partial charge in [-0.3, -0.25) is 4.79 Å². The van der Waals surface area contributed by atoms with E-state index in [1.807, 2.05) is 30.3 Å². The summed E-state index contributed by atoms with van der Waals surface area (Å²) >= 11 is 0. The normalized spacial score (nSPS) is 34.9. The van der Waals surface area contributed by atoms with Gasteiger partial charge in [-0.1, -0.05) is 24.3 Å². The monoisotopic (exact) mass is 306 g/mol. The number of Topliss-reactive ketones (excluding diaryl/α,β-unsaturated/α-hetero) is 1. The van der Waals surface area contributed by atoms with Gasteiger partial charge in [0.15, 0.2) is 5.78 Å². The summed E-state index contributed by atoms with van der Waals surface area (Å²) in [5, 5.41) is 11.8. The zero-order valence-electron chi connectivity index (χ0n) is 13.3. The number of ketones is 1. The number of carbonyl (C=O) groups is 1. The van der Waals surface area contributed by atoms with E-state index in [1.165, 1.54) is 19.3 Å². The van der Waals surface area contributed by atoms with Crippen molar-refractivity contribution in [2.45, 2.75) is 38.5 Å². The summed E-state index contributed by atoms with van der Waals surface area (Å²) in [6.07, 6.45) is 7.32. The van der Waals surface area contributed by atoms with E-state index in [0.717, 1.165) is 53.4 Å². The van der Waals surface area contributed by atoms with Crippen LogP contribution in [0.4, 0.5) is 0 Å². The van der Waals surface area contributed by atoms with E-state index in [-0.39, 0.29) is 11.2 Å². The highest BCUT2D eigenvalue weighted by molar-refractivity contribution is 6.12. The lowest BCUT2D eigenvalue weighted by Gasteiger charge is -2.56. The molecule has 0 spiro atoms. The third kappa shape index (κ3) is 1.90. The number of phenolic OH excluding ortho intramolecular Hbond substituents is 1. The molecule has 2 aromatic carbocycles. The topological polar surface area (TPSA) is 37.3 Å². The van der Waals surface area contributed by atoms with Crippen molar-refractivity contribution in [3.05, 3.63) is 42.0 Å². The van der Waals surface area contributed by atoms with Crippen molar-refractivity contribution in [2.75, 3.05) is 0 Å². The number of aromatic hydroxyl groups is 1. The van der Waals surface area contributed by atoms with Crippen LogP contribution in [0.15, 0.2) is 36.4 Å². The molecular weight excluding hydrogens is 284 g/mol. The molecule has 2 nitrogen and oxygen atoms in total. The van der Waals surface area contributed by atoms with E-state index < -0.39 is 0 Å². The molecule has 4 saturated carbocycles. The van der Waals surface area contributed by atoms with Crippen LogP contribution in [0, 0.1) is 23.2 Å². The summed E-state index contributed by atoms with van der Waals surface area (Å²) in [4.78, 5) is 13.5. The third-order valence-electron chi connectivity index (χ3n) is 6.67. The highest BCUT2D eigenvalue weighted by Gasteiger charge is 2.54. The molecule has 0 radical (unpaired) electrons. The molecule has 2 aromatic rings. The minimum Gasteiger partial charge on any atom is -0.507 e. The van der Waals surface area contributed by atoms with Gasteiger partial charge in [0.1, 0.15) is 5.75 Å². The maximum absolute atomic E-state index is 13.5. The van der Waals surface area contributed by atoms with Crippen molar-refractivity contribution in [1.82, 2.24) is 0 Å². The fourth-order valence-corrected chi connectivity index (χ4v) is 6.16. The van der Waals surface area contributed by atoms with Gasteiger partial charge in [-0.25, -0.2) is 0 Å². The van der Waals surface area contributed by atoms with Crippen molar-refractivity contribution in [3.63, 3.8) is 0 Å². The smallest absolute Gasteiger partial charge is 0.169 e. The largest absolute Gasteiger partial charge is 0.507 e. The highest BCUT2D eigenvalue weighted by atomic mass is 16.3. The van der Waals surface area contributed by atoms with Crippen LogP contribution >= 0.6 is 0 Å². The van der Waals surface area contributed by atoms with Crippen molar-refractivity contribution in [3.8, 4) is 5.75 Å². The number of fused-ring (bicyclic) bond motifs is 1. The van der Waals surface area contributed by atoms with Crippen LogP contribution in [0.2, 0.25) is 0 Å². The SMILES string of the molecule is O=C(c1ccc(O)c2ccccc12)C12CC3CC(CC(C3)C1)C2. The van der Waals surface area contributed by atoms with Gasteiger partial charge < -0.3 is 5.11 Å². The van der Waals surface area contributed by atoms with Gasteiger partial charge in [0, 0.05) is 16.4 Å². The van der Waals surface area contributed by atoms with Crippen molar-refractivity contribution in [1.29, 1.82) is 0 Å². The van der Waals surface area contributed by atoms with Crippen molar-refractivity contribution < 1.29 is 9.90 Å². The molecular formula is C21H22O2. The molecule has 1 N–H and O–H groups in total. The van der Waals surface area contributed by atoms with Gasteiger partial charge in [-0.2, -0.15) is 0 Å². The molecule has 0 heterocycles. The van der Waals surface area contributed by atoms with E-state index in [1.54, 1.807) is 6.07 Å². The van der Waals surface area contributed by atoms with Gasteiger partial charge in [-0.15, -0.1) is 0 Å². The van der Waals surface area contributed by atoms with Crippen LogP contribution in [0.5, 0.6) is 5.75 Å². The summed E-state index contributed by atoms with van der Waals surface area (Å²) in [7, 11) is 0. The molecule has 118 valence electrons. The molecule has 23 heavy (non-hydrogen) atoms. The molecule has 0 aromatic heterocycles. The number of rotatable bonds is 2. The first-order valence-electron chi connectivity index (χ1n) is 8.90. The van der Waals surface area contributed by atoms with Gasteiger partial charge in [0.2, 0.25) is 0 Å². The molecule has 2 heteroatoms. The Bertz CT molecular complexity index is 769. The predicted molar refractivity (Wildman–Crippen MR) is 90.5 cm³/mol. The predicted octanol–water partition coefficient (Wildman–Crippen LogP) is 4.94. The molecule has 0 saturated heterocycles. The highest BCUT2D eigenvalue weighted by Crippen LogP contribution is 2.61. The number of benzene rings is 2. The molecule has 0 atom stereocenters. The lowest BCUT2D eigenvalue weighted by atomic mass is 9.48. The summed E-state index contributed by atoms with van der Waals surface area (Å²) in [5.74, 6) is 2.92. The van der Waals surface area contributed by atoms with Crippen LogP contribution in [0.1, 0.15) is 48.9 Å². The van der Waals surface area contributed by atoms with E-state index in [9.17, 15) is 9.90 Å². The number of hydrogen-bond acceptors (Lipinski definition) is 2. The summed E-state index contributed by atoms with van der Waals surface area (Å²) in [5.41, 5.74) is 0.703. The van der Waals surface area contributed by atoms with Gasteiger partial charge in [0.05, 0.1) is 0 Å². The summed E-state index contributed by atoms with van der Waals surface area (Å²) < 4.78 is 0. The third-order valence-corrected chi connectivity index (χ3v) is 6.67. The lowest BCUT2D eigenvalue weighted by molar-refractivity contribution is -0.0352. The van der Waals surface area contributed by atoms with Gasteiger partial charge >= 0.3 is 0 Å². The Labute approximate surface area is 136 Å². The average molecular weight is 306 g/mol. The molecule has 4 aliphatic carbocycles. The molecule has 4 bridgehead atoms. The van der Waals surface area contributed by atoms with Crippen LogP contribution in [-0.4, -0.2) is 10.9 Å². The fraction of sp³-hybridized carbons (Fsp3) is 0.476. The second kappa shape index (κ2) is 4.59. The minimum atomic E-state index is -0.117. The van der Waals surface area contributed by atoms with Crippen LogP contribution < -0.4 is 0 Å². The van der Waals surface area contributed by atoms with E-state index >= 15 is 0 Å². The van der Waals surface area contributed by atoms with Crippen molar-refractivity contribution >= 4 is 16.6 Å². The molecule has 4 fully saturated rings. The molecule has 6 rings (SSSR count). The van der Waals surface area contributed by atoms with Crippen LogP contribution in [0.25, 0.3) is 10.8 Å². The van der Waals surface area contributed by atoms with Crippen LogP contribution in [-0.2, 0) is 0 Å². The summed E-state index contributed by atoms with van der Waals surface area (Å²) in [6.45, 7) is 0. The maximum Gasteiger partial charge on any atom is 0.169 e. The maximum atomic E-state index is 13.5. The Morgan fingerprint density at radius 3 is 2.04 bits per heavy atom. The van der Waals surface area contributed by atoms with E-state index in [0.29, 0.717) is 5.78 Å². The first kappa shape index (κ1) is 13.6. The Morgan fingerprint density at radius 1 is 0.870 bits per heavy atom. The van der Waals surface area contributed by atoms with Crippen LogP contribution in [0.3, 0.4) is 0 Å². The number of hydrogen-bond donors (Lipinski definition) is 1. The standard InChI is InChI=1S/C21H22O2/c22-19-6-5-18(16-3-1-2-4-17(16)19)20(23)21-10-13-7-14(11-21)9-15(8-13)12-21/h1-6,13-15,22H,7-12H2. The second-order valence-electron chi connectivity index (χ2n) is 8.20. The van der Waals surface area contributed by atoms with Gasteiger partial charge in [-0.05, 0) is 73.8 Å². The first-order valence-corrected chi connectivity index (χ1v) is 8.90. The lowest BCUT2D eigenvalue weighted by Crippen LogP contribution is -2.50.